The van der Waals surface area contributed by atoms with Gasteiger partial charge in [0.2, 0.25) is 0 Å². The van der Waals surface area contributed by atoms with Crippen molar-refractivity contribution in [1.82, 2.24) is 4.98 Å². The van der Waals surface area contributed by atoms with Crippen LogP contribution in [0.3, 0.4) is 0 Å². The summed E-state index contributed by atoms with van der Waals surface area (Å²) in [4.78, 5) is 33.0. The number of thiazole rings is 1. The molecule has 1 amide bonds. The number of benzene rings is 3. The molecular weight excluding hydrogens is 508 g/mol. The largest absolute Gasteiger partial charge is 0.507 e. The van der Waals surface area contributed by atoms with Gasteiger partial charge in [0.05, 0.1) is 36.1 Å². The lowest BCUT2D eigenvalue weighted by Gasteiger charge is -2.23. The normalized spacial score (nSPS) is 18.2. The number of carbonyl (C=O) groups excluding carboxylic acids is 2. The van der Waals surface area contributed by atoms with Crippen LogP contribution in [0.25, 0.3) is 16.0 Å². The average Bonchev–Trinajstić information content (AvgIpc) is 3.49. The number of Topliss-reactive ketones (excluding diaryl/α,β-unsaturated/α-hetero) is 1. The molecule has 192 valence electrons. The minimum atomic E-state index is -0.920. The number of methoxy groups -OCH3 is 2. The highest BCUT2D eigenvalue weighted by Gasteiger charge is 2.48. The average molecular weight is 531 g/mol. The second-order valence-electron chi connectivity index (χ2n) is 8.63. The van der Waals surface area contributed by atoms with E-state index in [4.69, 9.17) is 18.9 Å². The summed E-state index contributed by atoms with van der Waals surface area (Å²) in [7, 11) is 3.13. The van der Waals surface area contributed by atoms with E-state index in [1.165, 1.54) is 16.2 Å². The van der Waals surface area contributed by atoms with Gasteiger partial charge in [-0.15, -0.1) is 0 Å². The quantitative estimate of drug-likeness (QED) is 0.225. The zero-order chi connectivity index (χ0) is 26.4. The van der Waals surface area contributed by atoms with Crippen molar-refractivity contribution >= 4 is 44.1 Å². The summed E-state index contributed by atoms with van der Waals surface area (Å²) < 4.78 is 22.6. The van der Waals surface area contributed by atoms with E-state index in [-0.39, 0.29) is 11.3 Å². The molecule has 10 heteroatoms. The van der Waals surface area contributed by atoms with Gasteiger partial charge >= 0.3 is 5.91 Å². The summed E-state index contributed by atoms with van der Waals surface area (Å²) in [5, 5.41) is 11.8. The zero-order valence-electron chi connectivity index (χ0n) is 20.5. The SMILES string of the molecule is COc1ccc([C@@H]2/C(=C(\O)c3ccc4c(c3)OCCO4)C(=O)C(=O)N2c2nc3ccc(OC)cc3s2)cc1. The van der Waals surface area contributed by atoms with E-state index in [0.717, 1.165) is 4.70 Å². The van der Waals surface area contributed by atoms with Gasteiger partial charge in [0, 0.05) is 5.56 Å². The molecule has 2 aliphatic heterocycles. The van der Waals surface area contributed by atoms with Crippen LogP contribution in [-0.4, -0.2) is 49.2 Å². The molecule has 0 saturated carbocycles. The summed E-state index contributed by atoms with van der Waals surface area (Å²) in [6.45, 7) is 0.796. The van der Waals surface area contributed by atoms with Crippen molar-refractivity contribution in [2.24, 2.45) is 0 Å². The third-order valence-electron chi connectivity index (χ3n) is 6.48. The summed E-state index contributed by atoms with van der Waals surface area (Å²) in [5.74, 6) is 0.364. The Morgan fingerprint density at radius 3 is 2.39 bits per heavy atom. The van der Waals surface area contributed by atoms with Crippen molar-refractivity contribution in [3.05, 3.63) is 77.4 Å². The number of amides is 1. The molecule has 38 heavy (non-hydrogen) atoms. The number of aromatic nitrogens is 1. The molecule has 1 N–H and O–H groups in total. The topological polar surface area (TPSA) is 107 Å². The van der Waals surface area contributed by atoms with E-state index in [0.29, 0.717) is 58.0 Å². The van der Waals surface area contributed by atoms with Crippen LogP contribution < -0.4 is 23.8 Å². The lowest BCUT2D eigenvalue weighted by molar-refractivity contribution is -0.132. The fourth-order valence-corrected chi connectivity index (χ4v) is 5.62. The molecule has 1 fully saturated rings. The first-order valence-electron chi connectivity index (χ1n) is 11.8. The number of fused-ring (bicyclic) bond motifs is 2. The van der Waals surface area contributed by atoms with Crippen LogP contribution in [-0.2, 0) is 9.59 Å². The lowest BCUT2D eigenvalue weighted by Crippen LogP contribution is -2.29. The maximum atomic E-state index is 13.5. The van der Waals surface area contributed by atoms with Crippen molar-refractivity contribution in [3.63, 3.8) is 0 Å². The third kappa shape index (κ3) is 3.90. The van der Waals surface area contributed by atoms with E-state index in [1.54, 1.807) is 68.8 Å². The number of ether oxygens (including phenoxy) is 4. The first-order chi connectivity index (χ1) is 18.5. The number of aliphatic hydroxyl groups excluding tert-OH is 1. The van der Waals surface area contributed by atoms with Gasteiger partial charge in [0.15, 0.2) is 16.6 Å². The van der Waals surface area contributed by atoms with Gasteiger partial charge in [-0.3, -0.25) is 14.5 Å². The molecule has 3 aromatic carbocycles. The van der Waals surface area contributed by atoms with Gasteiger partial charge in [-0.25, -0.2) is 4.98 Å². The van der Waals surface area contributed by atoms with Gasteiger partial charge in [-0.2, -0.15) is 0 Å². The maximum Gasteiger partial charge on any atom is 0.301 e. The van der Waals surface area contributed by atoms with Crippen molar-refractivity contribution in [2.45, 2.75) is 6.04 Å². The highest BCUT2D eigenvalue weighted by atomic mass is 32.1. The molecule has 0 radical (unpaired) electrons. The smallest absolute Gasteiger partial charge is 0.301 e. The molecule has 1 saturated heterocycles. The molecule has 9 nitrogen and oxygen atoms in total. The molecule has 1 atom stereocenters. The van der Waals surface area contributed by atoms with E-state index < -0.39 is 17.7 Å². The Kier molecular flexibility index (Phi) is 5.88. The van der Waals surface area contributed by atoms with Gasteiger partial charge in [0.1, 0.15) is 30.5 Å². The van der Waals surface area contributed by atoms with Gasteiger partial charge in [0.25, 0.3) is 5.78 Å². The predicted molar refractivity (Wildman–Crippen MR) is 141 cm³/mol. The van der Waals surface area contributed by atoms with Crippen molar-refractivity contribution in [3.8, 4) is 23.0 Å². The van der Waals surface area contributed by atoms with Crippen molar-refractivity contribution < 1.29 is 33.6 Å². The molecule has 0 aliphatic carbocycles. The van der Waals surface area contributed by atoms with Crippen LogP contribution in [0.2, 0.25) is 0 Å². The monoisotopic (exact) mass is 530 g/mol. The molecule has 2 aliphatic rings. The standard InChI is InChI=1S/C28H22N2O7S/c1-34-17-6-3-15(4-7-17)24-23(25(31)16-5-10-20-21(13-16)37-12-11-36-20)26(32)27(33)30(24)28-29-19-9-8-18(35-2)14-22(19)38-28/h3-10,13-14,24,31H,11-12H2,1-2H3/b25-23+/t24-/m1/s1. The molecule has 6 rings (SSSR count). The summed E-state index contributed by atoms with van der Waals surface area (Å²) >= 11 is 1.26. The number of carbonyl (C=O) groups is 2. The van der Waals surface area contributed by atoms with Crippen molar-refractivity contribution in [2.75, 3.05) is 32.3 Å². The number of ketones is 1. The molecule has 1 aromatic heterocycles. The fourth-order valence-electron chi connectivity index (χ4n) is 4.60. The minimum absolute atomic E-state index is 0.0475. The van der Waals surface area contributed by atoms with Gasteiger partial charge < -0.3 is 24.1 Å². The molecule has 0 bridgehead atoms. The Bertz CT molecular complexity index is 1610. The number of hydrogen-bond donors (Lipinski definition) is 1. The summed E-state index contributed by atoms with van der Waals surface area (Å²) in [6.07, 6.45) is 0. The van der Waals surface area contributed by atoms with E-state index in [2.05, 4.69) is 4.98 Å². The van der Waals surface area contributed by atoms with Gasteiger partial charge in [-0.05, 0) is 54.1 Å². The second-order valence-corrected chi connectivity index (χ2v) is 9.64. The van der Waals surface area contributed by atoms with E-state index in [9.17, 15) is 14.7 Å². The minimum Gasteiger partial charge on any atom is -0.507 e. The van der Waals surface area contributed by atoms with E-state index >= 15 is 0 Å². The lowest BCUT2D eigenvalue weighted by atomic mass is 9.95. The fraction of sp³-hybridized carbons (Fsp3) is 0.179. The number of hydrogen-bond acceptors (Lipinski definition) is 9. The summed E-state index contributed by atoms with van der Waals surface area (Å²) in [6, 6.07) is 16.4. The molecule has 4 aromatic rings. The predicted octanol–water partition coefficient (Wildman–Crippen LogP) is 4.71. The van der Waals surface area contributed by atoms with Crippen LogP contribution in [0.4, 0.5) is 5.13 Å². The number of rotatable bonds is 5. The maximum absolute atomic E-state index is 13.5. The molecule has 0 spiro atoms. The van der Waals surface area contributed by atoms with Crippen LogP contribution >= 0.6 is 11.3 Å². The first kappa shape index (κ1) is 23.8. The number of nitrogens with zero attached hydrogens (tertiary/aromatic N) is 2. The van der Waals surface area contributed by atoms with Crippen LogP contribution in [0, 0.1) is 0 Å². The van der Waals surface area contributed by atoms with Crippen LogP contribution in [0.5, 0.6) is 23.0 Å². The molecular formula is C28H22N2O7S. The molecule has 3 heterocycles. The van der Waals surface area contributed by atoms with Crippen LogP contribution in [0.1, 0.15) is 17.2 Å². The van der Waals surface area contributed by atoms with Gasteiger partial charge in [-0.1, -0.05) is 23.5 Å². The number of anilines is 1. The van der Waals surface area contributed by atoms with E-state index in [1.807, 2.05) is 6.07 Å². The second kappa shape index (κ2) is 9.38. The third-order valence-corrected chi connectivity index (χ3v) is 7.50. The Morgan fingerprint density at radius 2 is 1.66 bits per heavy atom. The Labute approximate surface area is 221 Å². The van der Waals surface area contributed by atoms with Crippen molar-refractivity contribution in [1.29, 1.82) is 0 Å². The first-order valence-corrected chi connectivity index (χ1v) is 12.6. The number of aliphatic hydroxyl groups is 1. The Morgan fingerprint density at radius 1 is 0.947 bits per heavy atom. The Hall–Kier alpha value is -4.57. The molecule has 0 unspecified atom stereocenters. The Balaban J connectivity index is 1.52. The summed E-state index contributed by atoms with van der Waals surface area (Å²) in [5.41, 5.74) is 1.56. The highest BCUT2D eigenvalue weighted by molar-refractivity contribution is 7.22. The zero-order valence-corrected chi connectivity index (χ0v) is 21.3. The highest BCUT2D eigenvalue weighted by Crippen LogP contribution is 2.45. The van der Waals surface area contributed by atoms with Crippen LogP contribution in [0.15, 0.2) is 66.2 Å².